The number of hydrogen-bond acceptors (Lipinski definition) is 9. The van der Waals surface area contributed by atoms with Crippen molar-refractivity contribution in [1.29, 1.82) is 0 Å². The largest absolute Gasteiger partial charge is 0.508 e. The molecule has 2 heterocycles. The van der Waals surface area contributed by atoms with E-state index in [1.807, 2.05) is 52.8 Å². The smallest absolute Gasteiger partial charge is 0.494 e. The normalized spacial score (nSPS) is 15.4. The molecule has 4 aromatic carbocycles. The molecule has 0 aliphatic carbocycles. The van der Waals surface area contributed by atoms with E-state index in [2.05, 4.69) is 10.1 Å². The topological polar surface area (TPSA) is 156 Å². The quantitative estimate of drug-likeness (QED) is 0.0950. The van der Waals surface area contributed by atoms with Crippen LogP contribution in [0.1, 0.15) is 44.4 Å². The van der Waals surface area contributed by atoms with Crippen molar-refractivity contribution in [3.05, 3.63) is 94.6 Å². The van der Waals surface area contributed by atoms with Gasteiger partial charge in [0.1, 0.15) is 21.8 Å². The number of aryl methyl sites for hydroxylation is 2. The highest BCUT2D eigenvalue weighted by molar-refractivity contribution is 6.70. The van der Waals surface area contributed by atoms with Gasteiger partial charge in [-0.25, -0.2) is 9.67 Å². The number of hydrogen-bond donors (Lipinski definition) is 5. The number of nitrogens with two attached hydrogens (primary N) is 1. The summed E-state index contributed by atoms with van der Waals surface area (Å²) in [6.07, 6.45) is 0. The van der Waals surface area contributed by atoms with Gasteiger partial charge in [0.2, 0.25) is 0 Å². The van der Waals surface area contributed by atoms with Crippen molar-refractivity contribution in [3.63, 3.8) is 0 Å². The van der Waals surface area contributed by atoms with Crippen LogP contribution >= 0.6 is 23.2 Å². The Balaban J connectivity index is 0.000000194. The van der Waals surface area contributed by atoms with Crippen LogP contribution in [0.3, 0.4) is 0 Å². The van der Waals surface area contributed by atoms with E-state index in [-0.39, 0.29) is 33.3 Å². The van der Waals surface area contributed by atoms with Crippen molar-refractivity contribution < 1.29 is 29.6 Å². The van der Waals surface area contributed by atoms with Crippen molar-refractivity contribution in [2.45, 2.75) is 52.7 Å². The van der Waals surface area contributed by atoms with Crippen LogP contribution in [-0.2, 0) is 9.31 Å². The lowest BCUT2D eigenvalue weighted by Gasteiger charge is -2.32. The Bertz CT molecular complexity index is 2020. The number of phenols is 2. The number of halogens is 2. The van der Waals surface area contributed by atoms with E-state index in [9.17, 15) is 20.3 Å². The summed E-state index contributed by atoms with van der Waals surface area (Å²) in [5.41, 5.74) is 11.0. The molecule has 0 bridgehead atoms. The lowest BCUT2D eigenvalue weighted by Crippen LogP contribution is -2.41. The molecule has 248 valence electrons. The fourth-order valence-electron chi connectivity index (χ4n) is 5.09. The average Bonchev–Trinajstić information content (AvgIpc) is 3.44. The lowest BCUT2D eigenvalue weighted by molar-refractivity contribution is 0.00578. The molecule has 0 amide bonds. The summed E-state index contributed by atoms with van der Waals surface area (Å²) in [4.78, 5) is 4.26. The number of rotatable bonds is 5. The first-order chi connectivity index (χ1) is 22.5. The Labute approximate surface area is 289 Å². The highest BCUT2D eigenvalue weighted by atomic mass is 35.5. The van der Waals surface area contributed by atoms with Crippen LogP contribution in [0.2, 0.25) is 5.15 Å². The second-order valence-corrected chi connectivity index (χ2v) is 13.3. The highest BCUT2D eigenvalue weighted by Crippen LogP contribution is 2.37. The van der Waals surface area contributed by atoms with Crippen LogP contribution in [-0.4, -0.2) is 60.7 Å². The molecule has 48 heavy (non-hydrogen) atoms. The first-order valence-electron chi connectivity index (χ1n) is 15.1. The van der Waals surface area contributed by atoms with Gasteiger partial charge in [0, 0.05) is 16.6 Å². The van der Waals surface area contributed by atoms with E-state index in [1.54, 1.807) is 41.9 Å². The van der Waals surface area contributed by atoms with Gasteiger partial charge in [0.15, 0.2) is 0 Å². The summed E-state index contributed by atoms with van der Waals surface area (Å²) in [5, 5.41) is 43.3. The van der Waals surface area contributed by atoms with Crippen LogP contribution in [0, 0.1) is 13.8 Å². The maximum Gasteiger partial charge on any atom is 0.494 e. The van der Waals surface area contributed by atoms with Gasteiger partial charge in [0.05, 0.1) is 28.1 Å². The fourth-order valence-corrected chi connectivity index (χ4v) is 5.62. The van der Waals surface area contributed by atoms with Crippen LogP contribution in [0.15, 0.2) is 77.8 Å². The third kappa shape index (κ3) is 7.19. The van der Waals surface area contributed by atoms with Crippen molar-refractivity contribution >= 4 is 75.8 Å². The van der Waals surface area contributed by atoms with Gasteiger partial charge in [-0.3, -0.25) is 0 Å². The van der Waals surface area contributed by atoms with Gasteiger partial charge in [-0.15, -0.1) is 0 Å². The molecule has 14 heteroatoms. The van der Waals surface area contributed by atoms with Crippen LogP contribution in [0.4, 0.5) is 11.4 Å². The Morgan fingerprint density at radius 1 is 0.875 bits per heavy atom. The van der Waals surface area contributed by atoms with E-state index in [4.69, 9.17) is 38.2 Å². The minimum Gasteiger partial charge on any atom is -0.508 e. The predicted octanol–water partition coefficient (Wildman–Crippen LogP) is 5.27. The molecule has 1 fully saturated rings. The zero-order valence-corrected chi connectivity index (χ0v) is 28.9. The van der Waals surface area contributed by atoms with Crippen molar-refractivity contribution in [2.24, 2.45) is 4.99 Å². The van der Waals surface area contributed by atoms with Gasteiger partial charge >= 0.3 is 14.2 Å². The molecule has 6 N–H and O–H groups in total. The van der Waals surface area contributed by atoms with E-state index < -0.39 is 14.2 Å². The molecule has 0 unspecified atom stereocenters. The number of anilines is 1. The van der Waals surface area contributed by atoms with E-state index in [0.29, 0.717) is 27.5 Å². The molecule has 1 aromatic heterocycles. The fraction of sp³-hybridized carbons (Fsp3) is 0.235. The molecule has 5 aromatic rings. The number of nitrogens with zero attached hydrogens (tertiary/aromatic N) is 3. The average molecular weight is 689 g/mol. The lowest BCUT2D eigenvalue weighted by atomic mass is 9.78. The van der Waals surface area contributed by atoms with Gasteiger partial charge in [0.25, 0.3) is 0 Å². The molecule has 6 rings (SSSR count). The van der Waals surface area contributed by atoms with Crippen molar-refractivity contribution in [2.75, 3.05) is 5.73 Å². The van der Waals surface area contributed by atoms with Crippen LogP contribution < -0.4 is 16.7 Å². The summed E-state index contributed by atoms with van der Waals surface area (Å²) in [6, 6.07) is 20.2. The standard InChI is InChI=1S/C20H22BClN2O3.C14H14BClN2O3/c1-12-10-13(21-26-19(2,3)20(4,5)27-21)6-9-17(12)24-18(22)15-11-14(25)7-8-16(15)23-24;1-8-6-10(19)3-5-13(8)18-14(16)11-7-9(15(20)21)2-4-12(11)17/h6-11,25H,1-5H3;2-7,19-21H,17H2,1H3. The summed E-state index contributed by atoms with van der Waals surface area (Å²) in [5.74, 6) is 0.310. The number of phenolic OH excluding ortho intramolecular Hbond substituents is 2. The predicted molar refractivity (Wildman–Crippen MR) is 194 cm³/mol. The van der Waals surface area contributed by atoms with Crippen LogP contribution in [0.5, 0.6) is 11.5 Å². The van der Waals surface area contributed by atoms with Gasteiger partial charge in [-0.2, -0.15) is 5.10 Å². The summed E-state index contributed by atoms with van der Waals surface area (Å²) < 4.78 is 14.0. The summed E-state index contributed by atoms with van der Waals surface area (Å²) >= 11 is 12.7. The SMILES string of the molecule is Cc1cc(B2OC(C)(C)C(C)(C)O2)ccc1-n1nc2ccc(O)cc2c1Cl.Cc1cc(O)ccc1N=C(Cl)c1cc(B(O)O)ccc1N. The Morgan fingerprint density at radius 2 is 1.52 bits per heavy atom. The highest BCUT2D eigenvalue weighted by Gasteiger charge is 2.51. The number of aromatic nitrogens is 2. The molecule has 0 atom stereocenters. The zero-order chi connectivity index (χ0) is 35.1. The molecule has 1 aliphatic heterocycles. The molecule has 1 aliphatic rings. The number of aromatic hydroxyl groups is 2. The van der Waals surface area contributed by atoms with E-state index >= 15 is 0 Å². The van der Waals surface area contributed by atoms with Gasteiger partial charge < -0.3 is 35.3 Å². The molecule has 1 saturated heterocycles. The van der Waals surface area contributed by atoms with Crippen LogP contribution in [0.25, 0.3) is 16.6 Å². The zero-order valence-electron chi connectivity index (χ0n) is 27.4. The molecular weight excluding hydrogens is 653 g/mol. The first-order valence-corrected chi connectivity index (χ1v) is 15.9. The minimum atomic E-state index is -1.61. The second-order valence-electron chi connectivity index (χ2n) is 12.6. The van der Waals surface area contributed by atoms with Crippen molar-refractivity contribution in [3.8, 4) is 17.2 Å². The Morgan fingerprint density at radius 3 is 2.15 bits per heavy atom. The van der Waals surface area contributed by atoms with E-state index in [1.165, 1.54) is 24.3 Å². The second kappa shape index (κ2) is 13.5. The molecular formula is C34H36B2Cl2N4O6. The number of fused-ring (bicyclic) bond motifs is 1. The Hall–Kier alpha value is -4.03. The minimum absolute atomic E-state index is 0.129. The molecule has 10 nitrogen and oxygen atoms in total. The molecule has 0 spiro atoms. The Kier molecular flexibility index (Phi) is 9.90. The van der Waals surface area contributed by atoms with E-state index in [0.717, 1.165) is 27.8 Å². The third-order valence-electron chi connectivity index (χ3n) is 8.57. The number of nitrogen functional groups attached to an aromatic ring is 1. The van der Waals surface area contributed by atoms with Gasteiger partial charge in [-0.05, 0) is 112 Å². The monoisotopic (exact) mass is 688 g/mol. The maximum atomic E-state index is 9.71. The van der Waals surface area contributed by atoms with Crippen molar-refractivity contribution in [1.82, 2.24) is 9.78 Å². The summed E-state index contributed by atoms with van der Waals surface area (Å²) in [6.45, 7) is 12.0. The third-order valence-corrected chi connectivity index (χ3v) is 9.22. The number of benzene rings is 4. The summed E-state index contributed by atoms with van der Waals surface area (Å²) in [7, 11) is -2.02. The molecule has 0 saturated carbocycles. The molecule has 0 radical (unpaired) electrons. The van der Waals surface area contributed by atoms with Gasteiger partial charge in [-0.1, -0.05) is 47.5 Å². The first kappa shape index (κ1) is 35.3. The maximum absolute atomic E-state index is 9.71. The number of aliphatic imine (C=N–C) groups is 1.